The minimum absolute atomic E-state index is 0. The first-order valence-electron chi connectivity index (χ1n) is 8.97. The van der Waals surface area contributed by atoms with Crippen LogP contribution in [-0.4, -0.2) is 32.7 Å². The third kappa shape index (κ3) is 6.40. The molecule has 0 bridgehead atoms. The Kier molecular flexibility index (Phi) is 9.68. The molecule has 6 heteroatoms. The molecule has 5 nitrogen and oxygen atoms in total. The average Bonchev–Trinajstić information content (AvgIpc) is 3.13. The van der Waals surface area contributed by atoms with Crippen LogP contribution >= 0.6 is 12.4 Å². The van der Waals surface area contributed by atoms with Gasteiger partial charge in [-0.15, -0.1) is 12.4 Å². The molecule has 25 heavy (non-hydrogen) atoms. The van der Waals surface area contributed by atoms with Gasteiger partial charge in [0, 0.05) is 6.54 Å². The minimum Gasteiger partial charge on any atom is -0.493 e. The number of methoxy groups -OCH3 is 1. The van der Waals surface area contributed by atoms with Gasteiger partial charge in [-0.1, -0.05) is 25.8 Å². The molecule has 2 rings (SSSR count). The average molecular weight is 371 g/mol. The number of hydrogen-bond donors (Lipinski definition) is 2. The van der Waals surface area contributed by atoms with E-state index in [1.165, 1.54) is 12.8 Å². The molecule has 142 valence electrons. The summed E-state index contributed by atoms with van der Waals surface area (Å²) in [5, 5.41) is 6.32. The number of unbranched alkanes of at least 4 members (excludes halogenated alkanes) is 2. The third-order valence-electron chi connectivity index (χ3n) is 4.48. The Morgan fingerprint density at radius 1 is 1.36 bits per heavy atom. The van der Waals surface area contributed by atoms with E-state index in [0.717, 1.165) is 37.2 Å². The van der Waals surface area contributed by atoms with E-state index in [2.05, 4.69) is 17.6 Å². The van der Waals surface area contributed by atoms with Crippen molar-refractivity contribution in [3.05, 3.63) is 23.8 Å². The number of hydrogen-bond acceptors (Lipinski definition) is 4. The molecule has 0 radical (unpaired) electrons. The molecule has 0 spiro atoms. The fraction of sp³-hybridized carbons (Fsp3) is 0.632. The van der Waals surface area contributed by atoms with E-state index in [0.29, 0.717) is 12.4 Å². The molecule has 0 saturated carbocycles. The van der Waals surface area contributed by atoms with Crippen LogP contribution in [0.15, 0.2) is 18.2 Å². The number of ether oxygens (including phenoxy) is 2. The van der Waals surface area contributed by atoms with Crippen LogP contribution in [-0.2, 0) is 4.79 Å². The summed E-state index contributed by atoms with van der Waals surface area (Å²) in [7, 11) is 1.64. The molecule has 1 heterocycles. The topological polar surface area (TPSA) is 59.6 Å². The first kappa shape index (κ1) is 21.6. The highest BCUT2D eigenvalue weighted by Gasteiger charge is 2.24. The van der Waals surface area contributed by atoms with Crippen LogP contribution in [0.2, 0.25) is 0 Å². The molecule has 1 aliphatic heterocycles. The summed E-state index contributed by atoms with van der Waals surface area (Å²) in [6, 6.07) is 5.82. The van der Waals surface area contributed by atoms with Crippen LogP contribution in [0.5, 0.6) is 11.5 Å². The van der Waals surface area contributed by atoms with E-state index < -0.39 is 0 Å². The second kappa shape index (κ2) is 11.2. The van der Waals surface area contributed by atoms with Crippen molar-refractivity contribution in [2.75, 3.05) is 26.8 Å². The quantitative estimate of drug-likeness (QED) is 0.653. The predicted octanol–water partition coefficient (Wildman–Crippen LogP) is 3.47. The maximum absolute atomic E-state index is 12.2. The van der Waals surface area contributed by atoms with Crippen molar-refractivity contribution in [2.24, 2.45) is 5.92 Å². The largest absolute Gasteiger partial charge is 0.493 e. The van der Waals surface area contributed by atoms with Gasteiger partial charge in [0.1, 0.15) is 0 Å². The van der Waals surface area contributed by atoms with Gasteiger partial charge in [0.25, 0.3) is 0 Å². The molecule has 2 atom stereocenters. The molecule has 1 amide bonds. The van der Waals surface area contributed by atoms with Gasteiger partial charge in [0.05, 0.1) is 25.7 Å². The zero-order valence-electron chi connectivity index (χ0n) is 15.5. The van der Waals surface area contributed by atoms with Crippen molar-refractivity contribution < 1.29 is 14.3 Å². The fourth-order valence-corrected chi connectivity index (χ4v) is 2.90. The SMILES string of the molecule is CCCCCOc1ccc(C(C)NC(=O)C2CCNC2)cc1OC.Cl. The Balaban J connectivity index is 0.00000312. The monoisotopic (exact) mass is 370 g/mol. The first-order valence-corrected chi connectivity index (χ1v) is 8.97. The summed E-state index contributed by atoms with van der Waals surface area (Å²) in [5.74, 6) is 1.67. The third-order valence-corrected chi connectivity index (χ3v) is 4.48. The van der Waals surface area contributed by atoms with Crippen molar-refractivity contribution in [3.63, 3.8) is 0 Å². The zero-order valence-corrected chi connectivity index (χ0v) is 16.3. The maximum atomic E-state index is 12.2. The second-order valence-corrected chi connectivity index (χ2v) is 6.39. The van der Waals surface area contributed by atoms with Gasteiger partial charge in [0.2, 0.25) is 5.91 Å². The van der Waals surface area contributed by atoms with Crippen LogP contribution in [0.4, 0.5) is 0 Å². The van der Waals surface area contributed by atoms with Gasteiger partial charge < -0.3 is 20.1 Å². The molecule has 2 N–H and O–H groups in total. The van der Waals surface area contributed by atoms with Crippen LogP contribution in [0.1, 0.15) is 51.1 Å². The van der Waals surface area contributed by atoms with Crippen LogP contribution in [0.25, 0.3) is 0 Å². The molecule has 1 aromatic rings. The molecule has 1 aliphatic rings. The highest BCUT2D eigenvalue weighted by Crippen LogP contribution is 2.30. The molecule has 0 aromatic heterocycles. The highest BCUT2D eigenvalue weighted by molar-refractivity contribution is 5.85. The van der Waals surface area contributed by atoms with Gasteiger partial charge in [0.15, 0.2) is 11.5 Å². The molecule has 0 aliphatic carbocycles. The van der Waals surface area contributed by atoms with Gasteiger partial charge in [-0.25, -0.2) is 0 Å². The summed E-state index contributed by atoms with van der Waals surface area (Å²) < 4.78 is 11.3. The molecular weight excluding hydrogens is 340 g/mol. The summed E-state index contributed by atoms with van der Waals surface area (Å²) in [6.07, 6.45) is 4.29. The smallest absolute Gasteiger partial charge is 0.224 e. The Hall–Kier alpha value is -1.46. The molecule has 1 aromatic carbocycles. The Morgan fingerprint density at radius 3 is 2.80 bits per heavy atom. The van der Waals surface area contributed by atoms with E-state index >= 15 is 0 Å². The summed E-state index contributed by atoms with van der Waals surface area (Å²) >= 11 is 0. The lowest BCUT2D eigenvalue weighted by molar-refractivity contribution is -0.125. The van der Waals surface area contributed by atoms with E-state index in [-0.39, 0.29) is 30.3 Å². The lowest BCUT2D eigenvalue weighted by Crippen LogP contribution is -2.33. The highest BCUT2D eigenvalue weighted by atomic mass is 35.5. The number of amides is 1. The minimum atomic E-state index is -0.0545. The zero-order chi connectivity index (χ0) is 17.4. The number of halogens is 1. The van der Waals surface area contributed by atoms with E-state index in [9.17, 15) is 4.79 Å². The van der Waals surface area contributed by atoms with Crippen molar-refractivity contribution >= 4 is 18.3 Å². The number of carbonyl (C=O) groups is 1. The molecule has 1 saturated heterocycles. The van der Waals surface area contributed by atoms with Crippen LogP contribution < -0.4 is 20.1 Å². The van der Waals surface area contributed by atoms with Gasteiger partial charge in [-0.2, -0.15) is 0 Å². The second-order valence-electron chi connectivity index (χ2n) is 6.39. The van der Waals surface area contributed by atoms with Gasteiger partial charge >= 0.3 is 0 Å². The lowest BCUT2D eigenvalue weighted by atomic mass is 10.0. The van der Waals surface area contributed by atoms with Crippen molar-refractivity contribution in [3.8, 4) is 11.5 Å². The lowest BCUT2D eigenvalue weighted by Gasteiger charge is -2.19. The Labute approximate surface area is 157 Å². The van der Waals surface area contributed by atoms with E-state index in [1.807, 2.05) is 25.1 Å². The number of benzene rings is 1. The Morgan fingerprint density at radius 2 is 2.16 bits per heavy atom. The molecule has 1 fully saturated rings. The maximum Gasteiger partial charge on any atom is 0.224 e. The number of rotatable bonds is 9. The predicted molar refractivity (Wildman–Crippen MR) is 103 cm³/mol. The van der Waals surface area contributed by atoms with Crippen molar-refractivity contribution in [1.82, 2.24) is 10.6 Å². The fourth-order valence-electron chi connectivity index (χ4n) is 2.90. The number of carbonyl (C=O) groups excluding carboxylic acids is 1. The molecular formula is C19H31ClN2O3. The van der Waals surface area contributed by atoms with E-state index in [4.69, 9.17) is 9.47 Å². The van der Waals surface area contributed by atoms with Crippen molar-refractivity contribution in [1.29, 1.82) is 0 Å². The molecule has 2 unspecified atom stereocenters. The summed E-state index contributed by atoms with van der Waals surface area (Å²) in [6.45, 7) is 6.56. The number of nitrogens with one attached hydrogen (secondary N) is 2. The first-order chi connectivity index (χ1) is 11.7. The Bertz CT molecular complexity index is 533. The summed E-state index contributed by atoms with van der Waals surface area (Å²) in [5.41, 5.74) is 1.02. The van der Waals surface area contributed by atoms with Gasteiger partial charge in [-0.05, 0) is 44.0 Å². The van der Waals surface area contributed by atoms with Crippen LogP contribution in [0.3, 0.4) is 0 Å². The van der Waals surface area contributed by atoms with E-state index in [1.54, 1.807) is 7.11 Å². The van der Waals surface area contributed by atoms with Gasteiger partial charge in [-0.3, -0.25) is 4.79 Å². The van der Waals surface area contributed by atoms with Crippen molar-refractivity contribution in [2.45, 2.75) is 45.6 Å². The standard InChI is InChI=1S/C19H30N2O3.ClH/c1-4-5-6-11-24-17-8-7-15(12-18(17)23-3)14(2)21-19(22)16-9-10-20-13-16;/h7-8,12,14,16,20H,4-6,9-11,13H2,1-3H3,(H,21,22);1H. The summed E-state index contributed by atoms with van der Waals surface area (Å²) in [4.78, 5) is 12.2. The normalized spacial score (nSPS) is 17.5. The van der Waals surface area contributed by atoms with Crippen LogP contribution in [0, 0.1) is 5.92 Å².